The van der Waals surface area contributed by atoms with Gasteiger partial charge in [-0.2, -0.15) is 0 Å². The zero-order chi connectivity index (χ0) is 40.4. The van der Waals surface area contributed by atoms with Gasteiger partial charge in [0.05, 0.1) is 39.5 Å². The number of piperazine rings is 2. The number of hydrogen-bond donors (Lipinski definition) is 0. The van der Waals surface area contributed by atoms with Gasteiger partial charge in [0.2, 0.25) is 18.4 Å². The molecule has 4 atom stereocenters. The Balaban J connectivity index is 0.000000283. The number of carbonyl (C=O) groups is 2. The molecule has 2 amide bonds. The van der Waals surface area contributed by atoms with Crippen molar-refractivity contribution in [1.29, 1.82) is 5.26 Å². The summed E-state index contributed by atoms with van der Waals surface area (Å²) in [6, 6.07) is 25.8. The second kappa shape index (κ2) is 22.3. The van der Waals surface area contributed by atoms with Crippen molar-refractivity contribution >= 4 is 92.8 Å². The molecule has 0 radical (unpaired) electrons. The minimum absolute atomic E-state index is 0. The van der Waals surface area contributed by atoms with Crippen LogP contribution in [0.4, 0.5) is 11.4 Å². The van der Waals surface area contributed by atoms with E-state index >= 15 is 0 Å². The molecule has 0 N–H and O–H groups in total. The maximum absolute atomic E-state index is 12.2. The van der Waals surface area contributed by atoms with Crippen LogP contribution < -0.4 is 39.4 Å². The molecule has 8 nitrogen and oxygen atoms in total. The molecule has 2 unspecified atom stereocenters. The van der Waals surface area contributed by atoms with Gasteiger partial charge in [-0.3, -0.25) is 9.59 Å². The van der Waals surface area contributed by atoms with Crippen LogP contribution in [0.25, 0.3) is 4.85 Å². The van der Waals surface area contributed by atoms with Crippen molar-refractivity contribution in [1.82, 2.24) is 9.80 Å². The first-order chi connectivity index (χ1) is 26.3. The van der Waals surface area contributed by atoms with Crippen molar-refractivity contribution in [2.24, 2.45) is 0 Å². The van der Waals surface area contributed by atoms with E-state index in [9.17, 15) is 9.59 Å². The number of halogens is 6. The smallest absolute Gasteiger partial charge is 0.512 e. The minimum atomic E-state index is -0.290. The van der Waals surface area contributed by atoms with E-state index in [2.05, 4.69) is 21.6 Å². The molecule has 4 aromatic rings. The Labute approximate surface area is 381 Å². The summed E-state index contributed by atoms with van der Waals surface area (Å²) in [5.74, 6) is 0.0575. The predicted molar refractivity (Wildman–Crippen MR) is 225 cm³/mol. The second-order valence-corrected chi connectivity index (χ2v) is 15.4. The van der Waals surface area contributed by atoms with Crippen LogP contribution >= 0.6 is 69.6 Å². The standard InChI is InChI=1S/C20H18Cl3N3O.C20H21Cl3N2O.CN.Na/c1-13(27)25-9-10-26(18-8-7-16(22)11-17(18)23)20(19(25)12-24-2)14-3-5-15(21)6-4-14;1-3-18-20(14-4-6-15(21)7-5-14)25(11-10-24(18)13(2)26)19-9-8-16(22)12-17(19)23;1-2;/h3-8,11,19-20H,9-10,12H2,1H3;4-9,12,18,20H,3,10-11H2,1-2H3;;/q;;-1;+1/t19?,20-;18?,20-;;/m00../s1. The van der Waals surface area contributed by atoms with Crippen LogP contribution in [0.1, 0.15) is 50.4 Å². The fourth-order valence-corrected chi connectivity index (χ4v) is 8.69. The van der Waals surface area contributed by atoms with E-state index in [-0.39, 0.29) is 72.1 Å². The van der Waals surface area contributed by atoms with Crippen molar-refractivity contribution in [2.75, 3.05) is 42.5 Å². The monoisotopic (exact) mass is 880 g/mol. The van der Waals surface area contributed by atoms with Crippen LogP contribution in [-0.2, 0) is 9.59 Å². The second-order valence-electron chi connectivity index (χ2n) is 12.9. The molecule has 0 aromatic heterocycles. The van der Waals surface area contributed by atoms with E-state index in [1.165, 1.54) is 0 Å². The molecule has 4 aromatic carbocycles. The summed E-state index contributed by atoms with van der Waals surface area (Å²) in [5.41, 5.74) is 3.85. The quantitative estimate of drug-likeness (QED) is 0.144. The van der Waals surface area contributed by atoms with E-state index in [1.54, 1.807) is 36.9 Å². The molecule has 2 aliphatic rings. The van der Waals surface area contributed by atoms with Gasteiger partial charge in [-0.1, -0.05) is 101 Å². The molecule has 2 aliphatic heterocycles. The van der Waals surface area contributed by atoms with E-state index < -0.39 is 0 Å². The Morgan fingerprint density at radius 1 is 0.625 bits per heavy atom. The molecular formula is C41H39Cl6N6NaO2. The third kappa shape index (κ3) is 11.4. The Morgan fingerprint density at radius 3 is 1.32 bits per heavy atom. The van der Waals surface area contributed by atoms with E-state index in [1.807, 2.05) is 71.6 Å². The Morgan fingerprint density at radius 2 is 0.982 bits per heavy atom. The zero-order valence-corrected chi connectivity index (χ0v) is 37.9. The van der Waals surface area contributed by atoms with Crippen molar-refractivity contribution in [3.63, 3.8) is 0 Å². The van der Waals surface area contributed by atoms with Crippen molar-refractivity contribution in [3.05, 3.63) is 144 Å². The molecule has 15 heteroatoms. The molecule has 288 valence electrons. The fourth-order valence-electron chi connectivity index (χ4n) is 7.41. The molecule has 0 bridgehead atoms. The number of carbonyl (C=O) groups excluding carboxylic acids is 2. The Bertz CT molecular complexity index is 2010. The first-order valence-electron chi connectivity index (χ1n) is 17.4. The minimum Gasteiger partial charge on any atom is -0.512 e. The summed E-state index contributed by atoms with van der Waals surface area (Å²) >= 11 is 37.3. The van der Waals surface area contributed by atoms with Gasteiger partial charge in [-0.15, -0.1) is 0 Å². The van der Waals surface area contributed by atoms with Crippen LogP contribution in [0.5, 0.6) is 0 Å². The van der Waals surface area contributed by atoms with Crippen LogP contribution in [0.3, 0.4) is 0 Å². The average Bonchev–Trinajstić information content (AvgIpc) is 3.16. The number of amides is 2. The molecule has 0 spiro atoms. The molecule has 2 fully saturated rings. The molecule has 0 aliphatic carbocycles. The van der Waals surface area contributed by atoms with Crippen molar-refractivity contribution < 1.29 is 39.1 Å². The molecule has 2 heterocycles. The summed E-state index contributed by atoms with van der Waals surface area (Å²) < 4.78 is 0. The summed E-state index contributed by atoms with van der Waals surface area (Å²) in [5, 5.41) is 9.90. The van der Waals surface area contributed by atoms with E-state index in [4.69, 9.17) is 88.0 Å². The average molecular weight is 884 g/mol. The SMILES string of the molecule is CCC1[C@H](c2ccc(Cl)cc2)N(c2ccc(Cl)cc2Cl)CCN1C(C)=O.[C-]#N.[C-]#[N+]CC1[C@H](c2ccc(Cl)cc2)N(c2ccc(Cl)cc2Cl)CCN1C(C)=O.[Na+]. The Hall–Kier alpha value is -2.86. The van der Waals surface area contributed by atoms with E-state index in [0.717, 1.165) is 28.9 Å². The predicted octanol–water partition coefficient (Wildman–Crippen LogP) is 8.28. The molecule has 56 heavy (non-hydrogen) atoms. The topological polar surface area (TPSA) is 75.2 Å². The van der Waals surface area contributed by atoms with Gasteiger partial charge < -0.3 is 36.3 Å². The molecular weight excluding hydrogens is 844 g/mol. The van der Waals surface area contributed by atoms with Gasteiger partial charge in [0.1, 0.15) is 6.04 Å². The third-order valence-electron chi connectivity index (χ3n) is 9.73. The maximum atomic E-state index is 12.2. The Kier molecular flexibility index (Phi) is 18.9. The number of hydrogen-bond acceptors (Lipinski definition) is 5. The zero-order valence-electron chi connectivity index (χ0n) is 31.4. The molecule has 0 saturated carbocycles. The number of rotatable bonds is 6. The van der Waals surface area contributed by atoms with Gasteiger partial charge in [0.25, 0.3) is 0 Å². The number of nitrogens with zero attached hydrogens (tertiary/aromatic N) is 6. The van der Waals surface area contributed by atoms with Crippen LogP contribution in [0.15, 0.2) is 84.9 Å². The molecule has 2 saturated heterocycles. The number of benzene rings is 4. The largest absolute Gasteiger partial charge is 1.00 e. The summed E-state index contributed by atoms with van der Waals surface area (Å²) in [7, 11) is 0. The maximum Gasteiger partial charge on any atom is 1.00 e. The van der Waals surface area contributed by atoms with Crippen LogP contribution in [0, 0.1) is 18.4 Å². The first kappa shape index (κ1) is 47.5. The van der Waals surface area contributed by atoms with Crippen LogP contribution in [0.2, 0.25) is 30.1 Å². The number of anilines is 2. The normalized spacial score (nSPS) is 19.0. The fraction of sp³-hybridized carbons (Fsp3) is 0.317. The third-order valence-corrected chi connectivity index (χ3v) is 11.3. The van der Waals surface area contributed by atoms with Gasteiger partial charge >= 0.3 is 29.6 Å². The summed E-state index contributed by atoms with van der Waals surface area (Å²) in [6.07, 6.45) is 0.842. The summed E-state index contributed by atoms with van der Waals surface area (Å²) in [4.78, 5) is 36.2. The van der Waals surface area contributed by atoms with Gasteiger partial charge in [-0.25, -0.2) is 6.57 Å². The van der Waals surface area contributed by atoms with Gasteiger partial charge in [0.15, 0.2) is 0 Å². The molecule has 6 rings (SSSR count). The summed E-state index contributed by atoms with van der Waals surface area (Å²) in [6.45, 7) is 20.1. The van der Waals surface area contributed by atoms with Crippen LogP contribution in [-0.4, -0.2) is 66.4 Å². The van der Waals surface area contributed by atoms with Crippen molar-refractivity contribution in [2.45, 2.75) is 51.4 Å². The van der Waals surface area contributed by atoms with Crippen molar-refractivity contribution in [3.8, 4) is 0 Å². The van der Waals surface area contributed by atoms with Gasteiger partial charge in [0, 0.05) is 60.1 Å². The first-order valence-corrected chi connectivity index (χ1v) is 19.7. The van der Waals surface area contributed by atoms with E-state index in [0.29, 0.717) is 56.3 Å². The van der Waals surface area contributed by atoms with Gasteiger partial charge in [-0.05, 0) is 78.2 Å².